The van der Waals surface area contributed by atoms with E-state index < -0.39 is 15.3 Å². The van der Waals surface area contributed by atoms with E-state index in [2.05, 4.69) is 19.6 Å². The van der Waals surface area contributed by atoms with Gasteiger partial charge < -0.3 is 13.6 Å². The highest BCUT2D eigenvalue weighted by atomic mass is 28.3. The van der Waals surface area contributed by atoms with Crippen LogP contribution in [0.1, 0.15) is 17.5 Å². The van der Waals surface area contributed by atoms with Gasteiger partial charge in [0.25, 0.3) is 0 Å². The number of hydrogen-bond donors (Lipinski definition) is 0. The molecule has 0 spiro atoms. The van der Waals surface area contributed by atoms with Gasteiger partial charge >= 0.3 is 15.3 Å². The van der Waals surface area contributed by atoms with Crippen molar-refractivity contribution in [2.75, 3.05) is 6.61 Å². The molecule has 0 unspecified atom stereocenters. The highest BCUT2D eigenvalue weighted by molar-refractivity contribution is 6.46. The first-order valence-corrected chi connectivity index (χ1v) is 9.74. The minimum Gasteiger partial charge on any atom is -0.510 e. The lowest BCUT2D eigenvalue weighted by atomic mass is 10.1. The average molecular weight is 355 g/mol. The molecule has 0 aromatic heterocycles. The maximum Gasteiger partial charge on any atom is 0.532 e. The topological polar surface area (TPSA) is 44.8 Å². The first-order chi connectivity index (χ1) is 12.1. The molecule has 0 aliphatic carbocycles. The SMILES string of the molecule is C=CC(=O)OCCC[Si](Oc1ccccc1)Oc1cccc(C)c1C. The number of para-hydroxylation sites is 1. The number of esters is 1. The van der Waals surface area contributed by atoms with E-state index in [-0.39, 0.29) is 0 Å². The van der Waals surface area contributed by atoms with Crippen LogP contribution in [0.5, 0.6) is 11.5 Å². The molecule has 0 saturated carbocycles. The third-order valence-corrected chi connectivity index (χ3v) is 5.36. The van der Waals surface area contributed by atoms with Crippen LogP contribution in [0.2, 0.25) is 6.04 Å². The Morgan fingerprint density at radius 2 is 1.84 bits per heavy atom. The lowest BCUT2D eigenvalue weighted by Gasteiger charge is -2.19. The molecule has 0 saturated heterocycles. The summed E-state index contributed by atoms with van der Waals surface area (Å²) in [5.41, 5.74) is 2.29. The summed E-state index contributed by atoms with van der Waals surface area (Å²) in [6.45, 7) is 7.81. The van der Waals surface area contributed by atoms with Crippen molar-refractivity contribution in [1.29, 1.82) is 0 Å². The van der Waals surface area contributed by atoms with Gasteiger partial charge in [0.1, 0.15) is 11.5 Å². The normalized spacial score (nSPS) is 10.4. The van der Waals surface area contributed by atoms with Crippen molar-refractivity contribution in [3.05, 3.63) is 72.3 Å². The van der Waals surface area contributed by atoms with Crippen LogP contribution in [0, 0.1) is 13.8 Å². The molecule has 2 rings (SSSR count). The standard InChI is InChI=1S/C20H23O4Si/c1-4-20(21)22-14-9-15-25(23-18-11-6-5-7-12-18)24-19-13-8-10-16(2)17(19)3/h4-8,10-13H,1,9,14-15H2,2-3H3. The molecular weight excluding hydrogens is 332 g/mol. The summed E-state index contributed by atoms with van der Waals surface area (Å²) in [5, 5.41) is 0. The number of carbonyl (C=O) groups is 1. The maximum atomic E-state index is 11.1. The molecule has 1 radical (unpaired) electrons. The van der Waals surface area contributed by atoms with Crippen LogP contribution in [-0.4, -0.2) is 21.9 Å². The average Bonchev–Trinajstić information content (AvgIpc) is 2.63. The quantitative estimate of drug-likeness (QED) is 0.290. The Morgan fingerprint density at radius 3 is 2.56 bits per heavy atom. The second kappa shape index (κ2) is 9.69. The number of aryl methyl sites for hydroxylation is 1. The van der Waals surface area contributed by atoms with Gasteiger partial charge in [0.05, 0.1) is 6.61 Å². The monoisotopic (exact) mass is 355 g/mol. The summed E-state index contributed by atoms with van der Waals surface area (Å²) in [6.07, 6.45) is 1.84. The molecule has 0 aliphatic rings. The van der Waals surface area contributed by atoms with Crippen molar-refractivity contribution in [1.82, 2.24) is 0 Å². The lowest BCUT2D eigenvalue weighted by Crippen LogP contribution is -2.30. The zero-order valence-electron chi connectivity index (χ0n) is 14.7. The maximum absolute atomic E-state index is 11.1. The van der Waals surface area contributed by atoms with Gasteiger partial charge in [-0.2, -0.15) is 0 Å². The number of hydrogen-bond acceptors (Lipinski definition) is 4. The predicted octanol–water partition coefficient (Wildman–Crippen LogP) is 4.37. The van der Waals surface area contributed by atoms with Gasteiger partial charge in [-0.25, -0.2) is 4.79 Å². The molecule has 4 nitrogen and oxygen atoms in total. The van der Waals surface area contributed by atoms with Gasteiger partial charge in [0.2, 0.25) is 0 Å². The molecule has 25 heavy (non-hydrogen) atoms. The second-order valence-electron chi connectivity index (χ2n) is 5.56. The van der Waals surface area contributed by atoms with Crippen LogP contribution in [-0.2, 0) is 9.53 Å². The minimum absolute atomic E-state index is 0.327. The van der Waals surface area contributed by atoms with Crippen LogP contribution in [0.15, 0.2) is 61.2 Å². The Balaban J connectivity index is 2.02. The summed E-state index contributed by atoms with van der Waals surface area (Å²) < 4.78 is 17.3. The van der Waals surface area contributed by atoms with E-state index in [0.29, 0.717) is 19.1 Å². The molecular formula is C20H23O4Si. The van der Waals surface area contributed by atoms with Crippen molar-refractivity contribution < 1.29 is 18.4 Å². The van der Waals surface area contributed by atoms with Crippen LogP contribution < -0.4 is 8.85 Å². The van der Waals surface area contributed by atoms with Crippen molar-refractivity contribution in [2.45, 2.75) is 26.3 Å². The first-order valence-electron chi connectivity index (χ1n) is 8.22. The van der Waals surface area contributed by atoms with Crippen molar-refractivity contribution in [3.8, 4) is 11.5 Å². The van der Waals surface area contributed by atoms with Crippen molar-refractivity contribution in [2.24, 2.45) is 0 Å². The van der Waals surface area contributed by atoms with Crippen LogP contribution in [0.4, 0.5) is 0 Å². The molecule has 0 atom stereocenters. The molecule has 0 heterocycles. The smallest absolute Gasteiger partial charge is 0.510 e. The Kier molecular flexibility index (Phi) is 7.29. The molecule has 0 N–H and O–H groups in total. The fraction of sp³-hybridized carbons (Fsp3) is 0.250. The largest absolute Gasteiger partial charge is 0.532 e. The van der Waals surface area contributed by atoms with Gasteiger partial charge in [-0.15, -0.1) is 0 Å². The minimum atomic E-state index is -1.61. The molecule has 0 amide bonds. The lowest BCUT2D eigenvalue weighted by molar-refractivity contribution is -0.137. The van der Waals surface area contributed by atoms with Gasteiger partial charge in [0, 0.05) is 12.1 Å². The Morgan fingerprint density at radius 1 is 1.08 bits per heavy atom. The molecule has 0 fully saturated rings. The highest BCUT2D eigenvalue weighted by Gasteiger charge is 2.22. The van der Waals surface area contributed by atoms with Gasteiger partial charge in [-0.3, -0.25) is 0 Å². The Bertz CT molecular complexity index is 700. The number of benzene rings is 2. The summed E-state index contributed by atoms with van der Waals surface area (Å²) in [4.78, 5) is 11.1. The van der Waals surface area contributed by atoms with Crippen LogP contribution >= 0.6 is 0 Å². The second-order valence-corrected chi connectivity index (χ2v) is 7.21. The van der Waals surface area contributed by atoms with E-state index >= 15 is 0 Å². The Hall–Kier alpha value is -2.53. The van der Waals surface area contributed by atoms with E-state index in [1.807, 2.05) is 49.4 Å². The molecule has 5 heteroatoms. The predicted molar refractivity (Wildman–Crippen MR) is 99.9 cm³/mol. The fourth-order valence-corrected chi connectivity index (χ4v) is 3.69. The van der Waals surface area contributed by atoms with E-state index in [1.54, 1.807) is 0 Å². The fourth-order valence-electron chi connectivity index (χ4n) is 2.15. The first kappa shape index (κ1) is 18.8. The number of ether oxygens (including phenoxy) is 1. The van der Waals surface area contributed by atoms with Gasteiger partial charge in [-0.05, 0) is 49.6 Å². The number of carbonyl (C=O) groups excluding carboxylic acids is 1. The van der Waals surface area contributed by atoms with E-state index in [1.165, 1.54) is 11.6 Å². The summed E-state index contributed by atoms with van der Waals surface area (Å²) in [7, 11) is -1.61. The summed E-state index contributed by atoms with van der Waals surface area (Å²) in [6, 6.07) is 16.3. The molecule has 0 bridgehead atoms. The molecule has 131 valence electrons. The molecule has 2 aromatic rings. The highest BCUT2D eigenvalue weighted by Crippen LogP contribution is 2.23. The Labute approximate surface area is 150 Å². The van der Waals surface area contributed by atoms with Gasteiger partial charge in [-0.1, -0.05) is 36.9 Å². The van der Waals surface area contributed by atoms with Crippen molar-refractivity contribution >= 4 is 15.3 Å². The zero-order chi connectivity index (χ0) is 18.1. The van der Waals surface area contributed by atoms with Crippen LogP contribution in [0.25, 0.3) is 0 Å². The van der Waals surface area contributed by atoms with Crippen molar-refractivity contribution in [3.63, 3.8) is 0 Å². The van der Waals surface area contributed by atoms with E-state index in [0.717, 1.165) is 17.1 Å². The number of rotatable bonds is 9. The summed E-state index contributed by atoms with van der Waals surface area (Å²) >= 11 is 0. The van der Waals surface area contributed by atoms with Crippen LogP contribution in [0.3, 0.4) is 0 Å². The van der Waals surface area contributed by atoms with Gasteiger partial charge in [0.15, 0.2) is 0 Å². The molecule has 2 aromatic carbocycles. The third kappa shape index (κ3) is 6.12. The van der Waals surface area contributed by atoms with E-state index in [9.17, 15) is 4.79 Å². The summed E-state index contributed by atoms with van der Waals surface area (Å²) in [5.74, 6) is 1.21. The third-order valence-electron chi connectivity index (χ3n) is 3.69. The molecule has 0 aliphatic heterocycles. The van der Waals surface area contributed by atoms with E-state index in [4.69, 9.17) is 13.6 Å². The zero-order valence-corrected chi connectivity index (χ0v) is 15.7.